The predicted molar refractivity (Wildman–Crippen MR) is 124 cm³/mol. The zero-order valence-corrected chi connectivity index (χ0v) is 18.1. The van der Waals surface area contributed by atoms with Gasteiger partial charge in [0.1, 0.15) is 0 Å². The summed E-state index contributed by atoms with van der Waals surface area (Å²) in [7, 11) is 0. The van der Waals surface area contributed by atoms with Gasteiger partial charge in [0.2, 0.25) is 5.91 Å². The van der Waals surface area contributed by atoms with E-state index in [1.54, 1.807) is 12.4 Å². The second-order valence-electron chi connectivity index (χ2n) is 8.30. The van der Waals surface area contributed by atoms with Crippen molar-refractivity contribution in [1.29, 1.82) is 0 Å². The number of ether oxygens (including phenoxy) is 1. The highest BCUT2D eigenvalue weighted by Crippen LogP contribution is 2.31. The third-order valence-corrected chi connectivity index (χ3v) is 6.20. The fourth-order valence-corrected chi connectivity index (χ4v) is 4.37. The van der Waals surface area contributed by atoms with Crippen molar-refractivity contribution in [2.24, 2.45) is 5.92 Å². The van der Waals surface area contributed by atoms with E-state index in [9.17, 15) is 4.79 Å². The molecule has 2 aromatic heterocycles. The van der Waals surface area contributed by atoms with E-state index < -0.39 is 0 Å². The zero-order valence-electron chi connectivity index (χ0n) is 18.1. The number of nitrogens with one attached hydrogen (secondary N) is 1. The van der Waals surface area contributed by atoms with Gasteiger partial charge in [0.25, 0.3) is 0 Å². The number of piperidine rings is 1. The SMILES string of the molecule is O=C(NCc1cccnc1)C1CCN(c2nc3ccccc3nc2N2CCOCC2)CC1. The lowest BCUT2D eigenvalue weighted by atomic mass is 9.95. The first-order chi connectivity index (χ1) is 15.8. The molecule has 3 aromatic rings. The Labute approximate surface area is 187 Å². The van der Waals surface area contributed by atoms with E-state index in [2.05, 4.69) is 20.1 Å². The monoisotopic (exact) mass is 432 g/mol. The molecule has 0 spiro atoms. The number of carbonyl (C=O) groups excluding carboxylic acids is 1. The Morgan fingerprint density at radius 3 is 2.22 bits per heavy atom. The molecule has 166 valence electrons. The Balaban J connectivity index is 1.29. The lowest BCUT2D eigenvalue weighted by Gasteiger charge is -2.36. The van der Waals surface area contributed by atoms with Gasteiger partial charge in [-0.15, -0.1) is 0 Å². The Morgan fingerprint density at radius 1 is 0.938 bits per heavy atom. The molecule has 0 unspecified atom stereocenters. The first kappa shape index (κ1) is 20.6. The van der Waals surface area contributed by atoms with Gasteiger partial charge in [-0.3, -0.25) is 9.78 Å². The molecule has 0 atom stereocenters. The fourth-order valence-electron chi connectivity index (χ4n) is 4.37. The van der Waals surface area contributed by atoms with E-state index in [1.807, 2.05) is 36.4 Å². The minimum absolute atomic E-state index is 0.0168. The summed E-state index contributed by atoms with van der Waals surface area (Å²) in [5, 5.41) is 3.06. The predicted octanol–water partition coefficient (Wildman–Crippen LogP) is 2.39. The van der Waals surface area contributed by atoms with Crippen molar-refractivity contribution >= 4 is 28.6 Å². The number of morpholine rings is 1. The molecule has 1 N–H and O–H groups in total. The van der Waals surface area contributed by atoms with Gasteiger partial charge in [-0.05, 0) is 36.6 Å². The average Bonchev–Trinajstić information content (AvgIpc) is 2.88. The highest BCUT2D eigenvalue weighted by molar-refractivity contribution is 5.82. The van der Waals surface area contributed by atoms with Gasteiger partial charge in [0.05, 0.1) is 24.2 Å². The number of amides is 1. The molecule has 8 nitrogen and oxygen atoms in total. The first-order valence-corrected chi connectivity index (χ1v) is 11.3. The van der Waals surface area contributed by atoms with Crippen LogP contribution in [0.15, 0.2) is 48.8 Å². The summed E-state index contributed by atoms with van der Waals surface area (Å²) >= 11 is 0. The number of aromatic nitrogens is 3. The van der Waals surface area contributed by atoms with Gasteiger partial charge in [0.15, 0.2) is 11.6 Å². The topological polar surface area (TPSA) is 83.5 Å². The maximum atomic E-state index is 12.7. The summed E-state index contributed by atoms with van der Waals surface area (Å²) in [6.45, 7) is 5.12. The molecule has 4 heterocycles. The second kappa shape index (κ2) is 9.48. The molecule has 2 aliphatic rings. The molecule has 1 amide bonds. The van der Waals surface area contributed by atoms with Crippen LogP contribution < -0.4 is 15.1 Å². The number of anilines is 2. The average molecular weight is 433 g/mol. The van der Waals surface area contributed by atoms with Gasteiger partial charge >= 0.3 is 0 Å². The standard InChI is InChI=1S/C24H28N6O2/c31-24(26-17-18-4-3-9-25-16-18)19-7-10-29(11-8-19)22-23(30-12-14-32-15-13-30)28-21-6-2-1-5-20(21)27-22/h1-6,9,16,19H,7-8,10-15,17H2,(H,26,31). The van der Waals surface area contributed by atoms with Crippen molar-refractivity contribution in [2.45, 2.75) is 19.4 Å². The van der Waals surface area contributed by atoms with Crippen molar-refractivity contribution in [1.82, 2.24) is 20.3 Å². The summed E-state index contributed by atoms with van der Waals surface area (Å²) < 4.78 is 5.54. The molecule has 0 aliphatic carbocycles. The smallest absolute Gasteiger partial charge is 0.223 e. The van der Waals surface area contributed by atoms with Crippen molar-refractivity contribution in [3.05, 3.63) is 54.4 Å². The quantitative estimate of drug-likeness (QED) is 0.663. The van der Waals surface area contributed by atoms with Crippen molar-refractivity contribution in [3.8, 4) is 0 Å². The lowest BCUT2D eigenvalue weighted by molar-refractivity contribution is -0.125. The number of rotatable bonds is 5. The summed E-state index contributed by atoms with van der Waals surface area (Å²) in [5.41, 5.74) is 2.82. The normalized spacial score (nSPS) is 17.5. The molecule has 1 aromatic carbocycles. The van der Waals surface area contributed by atoms with Crippen LogP contribution in [0.4, 0.5) is 11.6 Å². The van der Waals surface area contributed by atoms with Crippen molar-refractivity contribution in [3.63, 3.8) is 0 Å². The van der Waals surface area contributed by atoms with E-state index in [1.165, 1.54) is 0 Å². The maximum Gasteiger partial charge on any atom is 0.223 e. The number of fused-ring (bicyclic) bond motifs is 1. The van der Waals surface area contributed by atoms with Gasteiger partial charge in [-0.25, -0.2) is 9.97 Å². The summed E-state index contributed by atoms with van der Waals surface area (Å²) in [5.74, 6) is 1.97. The molecule has 2 saturated heterocycles. The number of benzene rings is 1. The Bertz CT molecular complexity index is 1060. The van der Waals surface area contributed by atoms with Crippen LogP contribution in [0.25, 0.3) is 11.0 Å². The number of carbonyl (C=O) groups is 1. The molecule has 0 bridgehead atoms. The van der Waals surface area contributed by atoms with Crippen LogP contribution in [0.1, 0.15) is 18.4 Å². The Kier molecular flexibility index (Phi) is 6.11. The van der Waals surface area contributed by atoms with Crippen LogP contribution in [0.5, 0.6) is 0 Å². The van der Waals surface area contributed by atoms with Gasteiger partial charge in [-0.2, -0.15) is 0 Å². The molecular weight excluding hydrogens is 404 g/mol. The largest absolute Gasteiger partial charge is 0.378 e. The van der Waals surface area contributed by atoms with Gasteiger partial charge in [-0.1, -0.05) is 18.2 Å². The second-order valence-corrected chi connectivity index (χ2v) is 8.30. The van der Waals surface area contributed by atoms with Crippen LogP contribution in [0, 0.1) is 5.92 Å². The van der Waals surface area contributed by atoms with Gasteiger partial charge in [0, 0.05) is 51.0 Å². The van der Waals surface area contributed by atoms with E-state index in [-0.39, 0.29) is 11.8 Å². The maximum absolute atomic E-state index is 12.7. The molecule has 2 aliphatic heterocycles. The number of nitrogens with zero attached hydrogens (tertiary/aromatic N) is 5. The van der Waals surface area contributed by atoms with Gasteiger partial charge < -0.3 is 19.9 Å². The Morgan fingerprint density at radius 2 is 1.59 bits per heavy atom. The highest BCUT2D eigenvalue weighted by atomic mass is 16.5. The van der Waals surface area contributed by atoms with Crippen LogP contribution in [0.2, 0.25) is 0 Å². The Hall–Kier alpha value is -3.26. The molecule has 0 radical (unpaired) electrons. The van der Waals surface area contributed by atoms with E-state index >= 15 is 0 Å². The number of hydrogen-bond acceptors (Lipinski definition) is 7. The van der Waals surface area contributed by atoms with Crippen LogP contribution in [-0.4, -0.2) is 60.3 Å². The summed E-state index contributed by atoms with van der Waals surface area (Å²) in [6.07, 6.45) is 5.13. The van der Waals surface area contributed by atoms with Crippen molar-refractivity contribution < 1.29 is 9.53 Å². The summed E-state index contributed by atoms with van der Waals surface area (Å²) in [4.78, 5) is 31.3. The third-order valence-electron chi connectivity index (χ3n) is 6.20. The molecule has 32 heavy (non-hydrogen) atoms. The van der Waals surface area contributed by atoms with Crippen molar-refractivity contribution in [2.75, 3.05) is 49.2 Å². The number of hydrogen-bond donors (Lipinski definition) is 1. The number of pyridine rings is 1. The number of para-hydroxylation sites is 2. The first-order valence-electron chi connectivity index (χ1n) is 11.3. The highest BCUT2D eigenvalue weighted by Gasteiger charge is 2.29. The van der Waals surface area contributed by atoms with E-state index in [4.69, 9.17) is 14.7 Å². The zero-order chi connectivity index (χ0) is 21.8. The lowest BCUT2D eigenvalue weighted by Crippen LogP contribution is -2.42. The molecular formula is C24H28N6O2. The van der Waals surface area contributed by atoms with Crippen LogP contribution >= 0.6 is 0 Å². The molecule has 2 fully saturated rings. The molecule has 5 rings (SSSR count). The molecule has 8 heteroatoms. The minimum atomic E-state index is 0.0168. The van der Waals surface area contributed by atoms with Crippen LogP contribution in [-0.2, 0) is 16.1 Å². The third kappa shape index (κ3) is 4.50. The minimum Gasteiger partial charge on any atom is -0.378 e. The van der Waals surface area contributed by atoms with E-state index in [0.717, 1.165) is 67.3 Å². The van der Waals surface area contributed by atoms with Crippen LogP contribution in [0.3, 0.4) is 0 Å². The summed E-state index contributed by atoms with van der Waals surface area (Å²) in [6, 6.07) is 11.9. The van der Waals surface area contributed by atoms with E-state index in [0.29, 0.717) is 19.8 Å². The molecule has 0 saturated carbocycles. The fraction of sp³-hybridized carbons (Fsp3) is 0.417.